The molecule has 13 heteroatoms. The summed E-state index contributed by atoms with van der Waals surface area (Å²) in [6.45, 7) is 2.10. The second-order valence-corrected chi connectivity index (χ2v) is 12.3. The molecule has 3 saturated heterocycles. The van der Waals surface area contributed by atoms with Gasteiger partial charge in [-0.05, 0) is 44.1 Å². The highest BCUT2D eigenvalue weighted by molar-refractivity contribution is 7.89. The molecule has 6 heterocycles. The van der Waals surface area contributed by atoms with Crippen LogP contribution in [0, 0.1) is 0 Å². The van der Waals surface area contributed by atoms with Crippen molar-refractivity contribution in [3.8, 4) is 0 Å². The zero-order chi connectivity index (χ0) is 24.2. The SMILES string of the molecule is CC1CC(=Nc2nc(NC3C[C@H]4CCC[C@@H](C3)N4S(=O)(=O)c3nccn3C)nc3sccc23)NN1. The third-order valence-electron chi connectivity index (χ3n) is 7.03. The molecule has 4 atom stereocenters. The predicted octanol–water partition coefficient (Wildman–Crippen LogP) is 2.53. The molecule has 0 amide bonds. The molecule has 6 rings (SSSR count). The zero-order valence-electron chi connectivity index (χ0n) is 19.7. The molecule has 186 valence electrons. The van der Waals surface area contributed by atoms with E-state index in [1.54, 1.807) is 33.5 Å². The van der Waals surface area contributed by atoms with Crippen LogP contribution in [0.4, 0.5) is 11.8 Å². The fourth-order valence-electron chi connectivity index (χ4n) is 5.52. The summed E-state index contributed by atoms with van der Waals surface area (Å²) in [7, 11) is -1.93. The molecular weight excluding hydrogens is 486 g/mol. The highest BCUT2D eigenvalue weighted by atomic mass is 32.2. The van der Waals surface area contributed by atoms with Gasteiger partial charge in [0.05, 0.1) is 5.39 Å². The standard InChI is InChI=1S/C22H29N9O2S2/c1-13-10-18(29-28-13)25-19-17-6-9-34-20(17)27-21(26-19)24-14-11-15-4-3-5-16(12-14)31(15)35(32,33)22-23-7-8-30(22)2/h6-9,13-16,28H,3-5,10-12H2,1-2H3,(H2,24,25,26,27,29)/t13?,14?,15-,16+. The summed E-state index contributed by atoms with van der Waals surface area (Å²) in [6, 6.07) is 2.27. The smallest absolute Gasteiger partial charge is 0.277 e. The number of aryl methyl sites for hydroxylation is 1. The maximum absolute atomic E-state index is 13.5. The molecule has 3 fully saturated rings. The number of fused-ring (bicyclic) bond motifs is 3. The Balaban J connectivity index is 1.25. The quantitative estimate of drug-likeness (QED) is 0.473. The molecule has 3 aliphatic heterocycles. The topological polar surface area (TPSA) is 129 Å². The Morgan fingerprint density at radius 2 is 2.03 bits per heavy atom. The molecule has 3 N–H and O–H groups in total. The van der Waals surface area contributed by atoms with Crippen LogP contribution in [0.5, 0.6) is 0 Å². The highest BCUT2D eigenvalue weighted by Gasteiger charge is 2.46. The third kappa shape index (κ3) is 4.20. The summed E-state index contributed by atoms with van der Waals surface area (Å²) in [6.07, 6.45) is 8.16. The van der Waals surface area contributed by atoms with Gasteiger partial charge in [-0.15, -0.1) is 11.3 Å². The minimum Gasteiger partial charge on any atom is -0.351 e. The van der Waals surface area contributed by atoms with Crippen LogP contribution in [0.1, 0.15) is 45.4 Å². The molecule has 0 radical (unpaired) electrons. The number of piperidine rings is 2. The second kappa shape index (κ2) is 8.80. The van der Waals surface area contributed by atoms with Gasteiger partial charge in [-0.1, -0.05) is 6.42 Å². The van der Waals surface area contributed by atoms with Gasteiger partial charge >= 0.3 is 0 Å². The maximum Gasteiger partial charge on any atom is 0.277 e. The highest BCUT2D eigenvalue weighted by Crippen LogP contribution is 2.39. The molecule has 3 aromatic rings. The average Bonchev–Trinajstić information content (AvgIpc) is 3.54. The van der Waals surface area contributed by atoms with E-state index in [2.05, 4.69) is 28.1 Å². The number of hydrogen-bond acceptors (Lipinski definition) is 9. The van der Waals surface area contributed by atoms with Crippen LogP contribution in [0.25, 0.3) is 10.2 Å². The van der Waals surface area contributed by atoms with E-state index in [9.17, 15) is 8.42 Å². The Kier molecular flexibility index (Phi) is 5.74. The molecular formula is C22H29N9O2S2. The third-order valence-corrected chi connectivity index (χ3v) is 9.85. The number of imidazole rings is 1. The first-order chi connectivity index (χ1) is 16.9. The van der Waals surface area contributed by atoms with E-state index in [1.165, 1.54) is 6.20 Å². The molecule has 3 aliphatic rings. The Hall–Kier alpha value is -2.61. The lowest BCUT2D eigenvalue weighted by Gasteiger charge is -2.47. The van der Waals surface area contributed by atoms with Gasteiger partial charge in [-0.2, -0.15) is 9.29 Å². The van der Waals surface area contributed by atoms with Gasteiger partial charge < -0.3 is 15.3 Å². The van der Waals surface area contributed by atoms with Crippen molar-refractivity contribution in [3.63, 3.8) is 0 Å². The number of hydrogen-bond donors (Lipinski definition) is 3. The van der Waals surface area contributed by atoms with E-state index in [4.69, 9.17) is 15.0 Å². The number of aliphatic imine (C=N–C) groups is 1. The van der Waals surface area contributed by atoms with Crippen molar-refractivity contribution in [1.29, 1.82) is 0 Å². The van der Waals surface area contributed by atoms with Crippen LogP contribution in [-0.4, -0.2) is 62.2 Å². The van der Waals surface area contributed by atoms with Crippen LogP contribution < -0.4 is 16.2 Å². The fraction of sp³-hybridized carbons (Fsp3) is 0.545. The zero-order valence-corrected chi connectivity index (χ0v) is 21.3. The summed E-state index contributed by atoms with van der Waals surface area (Å²) in [5.74, 6) is 2.05. The first kappa shape index (κ1) is 22.8. The van der Waals surface area contributed by atoms with Crippen LogP contribution >= 0.6 is 11.3 Å². The summed E-state index contributed by atoms with van der Waals surface area (Å²) in [5.41, 5.74) is 6.29. The minimum absolute atomic E-state index is 0.0675. The Morgan fingerprint density at radius 3 is 2.71 bits per heavy atom. The van der Waals surface area contributed by atoms with Gasteiger partial charge in [-0.25, -0.2) is 28.8 Å². The van der Waals surface area contributed by atoms with Crippen LogP contribution in [-0.2, 0) is 17.1 Å². The predicted molar refractivity (Wildman–Crippen MR) is 135 cm³/mol. The van der Waals surface area contributed by atoms with Gasteiger partial charge in [0.1, 0.15) is 10.7 Å². The normalized spacial score (nSPS) is 28.5. The van der Waals surface area contributed by atoms with Crippen LogP contribution in [0.3, 0.4) is 0 Å². The van der Waals surface area contributed by atoms with E-state index in [0.29, 0.717) is 30.6 Å². The first-order valence-corrected chi connectivity index (χ1v) is 14.3. The summed E-state index contributed by atoms with van der Waals surface area (Å²) < 4.78 is 30.2. The van der Waals surface area contributed by atoms with Gasteiger partial charge in [0.25, 0.3) is 10.0 Å². The van der Waals surface area contributed by atoms with Gasteiger partial charge in [-0.3, -0.25) is 0 Å². The van der Waals surface area contributed by atoms with E-state index < -0.39 is 10.0 Å². The largest absolute Gasteiger partial charge is 0.351 e. The minimum atomic E-state index is -3.65. The van der Waals surface area contributed by atoms with Gasteiger partial charge in [0.15, 0.2) is 5.82 Å². The molecule has 0 saturated carbocycles. The lowest BCUT2D eigenvalue weighted by molar-refractivity contribution is 0.115. The van der Waals surface area contributed by atoms with E-state index in [1.807, 2.05) is 11.4 Å². The number of nitrogens with one attached hydrogen (secondary N) is 3. The number of sulfonamides is 1. The monoisotopic (exact) mass is 515 g/mol. The molecule has 0 aromatic carbocycles. The van der Waals surface area contributed by atoms with Crippen molar-refractivity contribution in [1.82, 2.24) is 34.7 Å². The first-order valence-electron chi connectivity index (χ1n) is 12.0. The van der Waals surface area contributed by atoms with Crippen molar-refractivity contribution in [3.05, 3.63) is 23.8 Å². The van der Waals surface area contributed by atoms with Crippen molar-refractivity contribution in [2.45, 2.75) is 74.8 Å². The molecule has 0 aliphatic carbocycles. The van der Waals surface area contributed by atoms with Crippen molar-refractivity contribution in [2.24, 2.45) is 12.0 Å². The van der Waals surface area contributed by atoms with Crippen LogP contribution in [0.15, 0.2) is 34.0 Å². The number of rotatable bonds is 5. The molecule has 11 nitrogen and oxygen atoms in total. The van der Waals surface area contributed by atoms with E-state index >= 15 is 0 Å². The molecule has 35 heavy (non-hydrogen) atoms. The second-order valence-electron chi connectivity index (χ2n) is 9.65. The van der Waals surface area contributed by atoms with Crippen molar-refractivity contribution in [2.75, 3.05) is 5.32 Å². The Morgan fingerprint density at radius 1 is 1.23 bits per heavy atom. The number of nitrogens with zero attached hydrogens (tertiary/aromatic N) is 6. The maximum atomic E-state index is 13.5. The van der Waals surface area contributed by atoms with E-state index in [-0.39, 0.29) is 23.3 Å². The number of thiophene rings is 1. The van der Waals surface area contributed by atoms with Crippen LogP contribution in [0.2, 0.25) is 0 Å². The molecule has 2 unspecified atom stereocenters. The van der Waals surface area contributed by atoms with Gasteiger partial charge in [0.2, 0.25) is 11.1 Å². The lowest BCUT2D eigenvalue weighted by atomic mass is 9.84. The number of amidine groups is 1. The van der Waals surface area contributed by atoms with E-state index in [0.717, 1.165) is 41.7 Å². The summed E-state index contributed by atoms with van der Waals surface area (Å²) >= 11 is 1.56. The van der Waals surface area contributed by atoms with Gasteiger partial charge in [0, 0.05) is 50.0 Å². The number of anilines is 1. The molecule has 2 bridgehead atoms. The summed E-state index contributed by atoms with van der Waals surface area (Å²) in [5, 5.41) is 6.57. The average molecular weight is 516 g/mol. The Bertz CT molecular complexity index is 1370. The summed E-state index contributed by atoms with van der Waals surface area (Å²) in [4.78, 5) is 19.3. The number of aromatic nitrogens is 4. The fourth-order valence-corrected chi connectivity index (χ4v) is 8.25. The Labute approximate surface area is 208 Å². The molecule has 3 aromatic heterocycles. The lowest BCUT2D eigenvalue weighted by Crippen LogP contribution is -2.57. The molecule has 0 spiro atoms. The van der Waals surface area contributed by atoms with Crippen molar-refractivity contribution >= 4 is 49.2 Å². The van der Waals surface area contributed by atoms with Crippen molar-refractivity contribution < 1.29 is 8.42 Å². The number of hydrazine groups is 1.